The number of nitrogen functional groups attached to an aromatic ring is 1. The highest BCUT2D eigenvalue weighted by Crippen LogP contribution is 2.15. The van der Waals surface area contributed by atoms with E-state index in [1.54, 1.807) is 12.3 Å². The van der Waals surface area contributed by atoms with Crippen LogP contribution in [0, 0.1) is 6.92 Å². The maximum atomic E-state index is 9.26. The number of nitrogens with zero attached hydrogens (tertiary/aromatic N) is 4. The standard InChI is InChI=1S/C9H10N6O/c1-5-2-3-6(11-4-5)7-12-8(15-10)14-9(16)13-7/h2-4H,10H2,1H3,(H2,12,13,14,15,16). The number of aromatic hydroxyl groups is 1. The molecule has 0 radical (unpaired) electrons. The van der Waals surface area contributed by atoms with E-state index in [1.807, 2.05) is 13.0 Å². The van der Waals surface area contributed by atoms with Gasteiger partial charge in [0.25, 0.3) is 0 Å². The van der Waals surface area contributed by atoms with Crippen molar-refractivity contribution in [1.82, 2.24) is 19.9 Å². The maximum Gasteiger partial charge on any atom is 0.319 e. The Morgan fingerprint density at radius 1 is 1.25 bits per heavy atom. The van der Waals surface area contributed by atoms with E-state index < -0.39 is 6.01 Å². The third kappa shape index (κ3) is 2.04. The third-order valence-corrected chi connectivity index (χ3v) is 1.89. The SMILES string of the molecule is Cc1ccc(-c2nc(O)nc(NN)n2)nc1. The lowest BCUT2D eigenvalue weighted by molar-refractivity contribution is 0.429. The maximum absolute atomic E-state index is 9.26. The molecule has 7 nitrogen and oxygen atoms in total. The van der Waals surface area contributed by atoms with Crippen LogP contribution in [-0.2, 0) is 0 Å². The molecular weight excluding hydrogens is 208 g/mol. The third-order valence-electron chi connectivity index (χ3n) is 1.89. The van der Waals surface area contributed by atoms with Gasteiger partial charge in [0.1, 0.15) is 5.69 Å². The summed E-state index contributed by atoms with van der Waals surface area (Å²) in [5.41, 5.74) is 3.81. The predicted molar refractivity (Wildman–Crippen MR) is 57.3 cm³/mol. The molecule has 2 aromatic rings. The number of hydrogen-bond donors (Lipinski definition) is 3. The molecule has 16 heavy (non-hydrogen) atoms. The van der Waals surface area contributed by atoms with E-state index >= 15 is 0 Å². The number of nitrogens with two attached hydrogens (primary N) is 1. The molecule has 0 aromatic carbocycles. The van der Waals surface area contributed by atoms with Crippen molar-refractivity contribution in [3.8, 4) is 17.5 Å². The minimum atomic E-state index is -0.402. The first-order valence-electron chi connectivity index (χ1n) is 4.54. The highest BCUT2D eigenvalue weighted by molar-refractivity contribution is 5.51. The lowest BCUT2D eigenvalue weighted by Gasteiger charge is -2.02. The topological polar surface area (TPSA) is 110 Å². The van der Waals surface area contributed by atoms with Gasteiger partial charge in [0, 0.05) is 6.20 Å². The zero-order chi connectivity index (χ0) is 11.5. The summed E-state index contributed by atoms with van der Waals surface area (Å²) in [6.45, 7) is 1.93. The predicted octanol–water partition coefficient (Wildman–Crippen LogP) is 0.233. The molecule has 2 heterocycles. The van der Waals surface area contributed by atoms with Gasteiger partial charge in [-0.2, -0.15) is 15.0 Å². The Labute approximate surface area is 91.4 Å². The van der Waals surface area contributed by atoms with Crippen LogP contribution in [0.25, 0.3) is 11.5 Å². The second-order valence-corrected chi connectivity index (χ2v) is 3.15. The van der Waals surface area contributed by atoms with Crippen molar-refractivity contribution in [2.45, 2.75) is 6.92 Å². The molecule has 0 atom stereocenters. The number of hydrogen-bond acceptors (Lipinski definition) is 7. The monoisotopic (exact) mass is 218 g/mol. The number of hydrazine groups is 1. The van der Waals surface area contributed by atoms with E-state index in [0.29, 0.717) is 5.69 Å². The molecule has 0 saturated carbocycles. The van der Waals surface area contributed by atoms with Crippen molar-refractivity contribution >= 4 is 5.95 Å². The Morgan fingerprint density at radius 3 is 2.69 bits per heavy atom. The van der Waals surface area contributed by atoms with Crippen LogP contribution in [0.1, 0.15) is 5.56 Å². The van der Waals surface area contributed by atoms with Crippen LogP contribution < -0.4 is 11.3 Å². The van der Waals surface area contributed by atoms with Gasteiger partial charge in [0.15, 0.2) is 5.82 Å². The van der Waals surface area contributed by atoms with E-state index in [1.165, 1.54) is 0 Å². The van der Waals surface area contributed by atoms with Crippen LogP contribution >= 0.6 is 0 Å². The second-order valence-electron chi connectivity index (χ2n) is 3.15. The van der Waals surface area contributed by atoms with Crippen molar-refractivity contribution in [3.63, 3.8) is 0 Å². The molecule has 2 aromatic heterocycles. The van der Waals surface area contributed by atoms with Gasteiger partial charge in [-0.25, -0.2) is 5.84 Å². The summed E-state index contributed by atoms with van der Waals surface area (Å²) in [5.74, 6) is 5.51. The first-order chi connectivity index (χ1) is 7.69. The van der Waals surface area contributed by atoms with Crippen molar-refractivity contribution in [2.24, 2.45) is 5.84 Å². The van der Waals surface area contributed by atoms with Gasteiger partial charge in [-0.1, -0.05) is 6.07 Å². The highest BCUT2D eigenvalue weighted by Gasteiger charge is 2.07. The van der Waals surface area contributed by atoms with Gasteiger partial charge in [-0.3, -0.25) is 10.4 Å². The molecule has 0 unspecified atom stereocenters. The Kier molecular flexibility index (Phi) is 2.61. The van der Waals surface area contributed by atoms with E-state index in [0.717, 1.165) is 5.56 Å². The minimum Gasteiger partial charge on any atom is -0.479 e. The van der Waals surface area contributed by atoms with Crippen LogP contribution in [0.5, 0.6) is 6.01 Å². The van der Waals surface area contributed by atoms with Gasteiger partial charge in [0.05, 0.1) is 0 Å². The summed E-state index contributed by atoms with van der Waals surface area (Å²) >= 11 is 0. The summed E-state index contributed by atoms with van der Waals surface area (Å²) in [6.07, 6.45) is 1.69. The number of anilines is 1. The van der Waals surface area contributed by atoms with Gasteiger partial charge >= 0.3 is 6.01 Å². The number of rotatable bonds is 2. The molecule has 0 aliphatic rings. The normalized spacial score (nSPS) is 10.1. The quantitative estimate of drug-likeness (QED) is 0.489. The molecule has 82 valence electrons. The van der Waals surface area contributed by atoms with Crippen LogP contribution in [0.4, 0.5) is 5.95 Å². The molecular formula is C9H10N6O. The number of pyridine rings is 1. The summed E-state index contributed by atoms with van der Waals surface area (Å²) in [5, 5.41) is 9.26. The highest BCUT2D eigenvalue weighted by atomic mass is 16.3. The molecule has 4 N–H and O–H groups in total. The van der Waals surface area contributed by atoms with Crippen LogP contribution in [0.15, 0.2) is 18.3 Å². The summed E-state index contributed by atoms with van der Waals surface area (Å²) < 4.78 is 0. The molecule has 0 aliphatic carbocycles. The van der Waals surface area contributed by atoms with Gasteiger partial charge in [-0.15, -0.1) is 0 Å². The average molecular weight is 218 g/mol. The van der Waals surface area contributed by atoms with Crippen LogP contribution in [-0.4, -0.2) is 25.0 Å². The molecule has 0 spiro atoms. The van der Waals surface area contributed by atoms with E-state index in [4.69, 9.17) is 5.84 Å². The fraction of sp³-hybridized carbons (Fsp3) is 0.111. The molecule has 0 saturated heterocycles. The number of nitrogens with one attached hydrogen (secondary N) is 1. The van der Waals surface area contributed by atoms with Crippen molar-refractivity contribution in [2.75, 3.05) is 5.43 Å². The van der Waals surface area contributed by atoms with Crippen molar-refractivity contribution < 1.29 is 5.11 Å². The van der Waals surface area contributed by atoms with E-state index in [-0.39, 0.29) is 11.8 Å². The van der Waals surface area contributed by atoms with Crippen LogP contribution in [0.3, 0.4) is 0 Å². The fourth-order valence-electron chi connectivity index (χ4n) is 1.14. The van der Waals surface area contributed by atoms with Gasteiger partial charge in [0.2, 0.25) is 5.95 Å². The van der Waals surface area contributed by atoms with E-state index in [9.17, 15) is 5.11 Å². The second kappa shape index (κ2) is 4.07. The van der Waals surface area contributed by atoms with Gasteiger partial charge in [-0.05, 0) is 18.6 Å². The molecule has 2 rings (SSSR count). The Bertz CT molecular complexity index is 498. The zero-order valence-corrected chi connectivity index (χ0v) is 8.55. The Hall–Kier alpha value is -2.28. The zero-order valence-electron chi connectivity index (χ0n) is 8.55. The lowest BCUT2D eigenvalue weighted by atomic mass is 10.3. The Morgan fingerprint density at radius 2 is 2.06 bits per heavy atom. The molecule has 0 aliphatic heterocycles. The average Bonchev–Trinajstić information content (AvgIpc) is 2.29. The largest absolute Gasteiger partial charge is 0.479 e. The lowest BCUT2D eigenvalue weighted by Crippen LogP contribution is -2.11. The molecule has 7 heteroatoms. The fourth-order valence-corrected chi connectivity index (χ4v) is 1.14. The minimum absolute atomic E-state index is 0.0878. The van der Waals surface area contributed by atoms with Crippen molar-refractivity contribution in [3.05, 3.63) is 23.9 Å². The van der Waals surface area contributed by atoms with Crippen molar-refractivity contribution in [1.29, 1.82) is 0 Å². The molecule has 0 bridgehead atoms. The molecule has 0 fully saturated rings. The van der Waals surface area contributed by atoms with E-state index in [2.05, 4.69) is 25.4 Å². The Balaban J connectivity index is 2.47. The van der Waals surface area contributed by atoms with Crippen LogP contribution in [0.2, 0.25) is 0 Å². The first-order valence-corrected chi connectivity index (χ1v) is 4.54. The molecule has 0 amide bonds. The summed E-state index contributed by atoms with van der Waals surface area (Å²) in [4.78, 5) is 15.4. The summed E-state index contributed by atoms with van der Waals surface area (Å²) in [6, 6.07) is 3.23. The first kappa shape index (κ1) is 10.2. The van der Waals surface area contributed by atoms with Gasteiger partial charge < -0.3 is 5.11 Å². The summed E-state index contributed by atoms with van der Waals surface area (Å²) in [7, 11) is 0. The smallest absolute Gasteiger partial charge is 0.319 e. The number of aryl methyl sites for hydroxylation is 1. The number of aromatic nitrogens is 4.